The van der Waals surface area contributed by atoms with Gasteiger partial charge in [-0.1, -0.05) is 13.8 Å². The second kappa shape index (κ2) is 4.06. The first-order chi connectivity index (χ1) is 5.65. The average molecular weight is 184 g/mol. The van der Waals surface area contributed by atoms with Gasteiger partial charge < -0.3 is 5.11 Å². The second-order valence-electron chi connectivity index (χ2n) is 3.23. The van der Waals surface area contributed by atoms with Crippen molar-refractivity contribution in [1.29, 1.82) is 0 Å². The van der Waals surface area contributed by atoms with Crippen LogP contribution in [0.25, 0.3) is 0 Å². The third-order valence-corrected chi connectivity index (χ3v) is 3.37. The Morgan fingerprint density at radius 3 is 2.58 bits per heavy atom. The Bertz CT molecular complexity index is 240. The summed E-state index contributed by atoms with van der Waals surface area (Å²) in [6.07, 6.45) is 0.848. The van der Waals surface area contributed by atoms with Crippen LogP contribution in [0.3, 0.4) is 0 Å². The maximum atomic E-state index is 9.36. The molecule has 0 saturated heterocycles. The van der Waals surface area contributed by atoms with Crippen molar-refractivity contribution in [2.75, 3.05) is 0 Å². The molecule has 2 heteroatoms. The van der Waals surface area contributed by atoms with Crippen molar-refractivity contribution >= 4 is 11.3 Å². The van der Waals surface area contributed by atoms with E-state index in [2.05, 4.69) is 25.3 Å². The standard InChI is InChI=1S/C10H16OS/c1-4-10-5-9(6-12-10)7(2)8(3)11/h5-8,11H,4H2,1-3H3. The molecule has 1 rings (SSSR count). The van der Waals surface area contributed by atoms with Gasteiger partial charge in [-0.05, 0) is 30.4 Å². The summed E-state index contributed by atoms with van der Waals surface area (Å²) in [6.45, 7) is 6.06. The van der Waals surface area contributed by atoms with Crippen LogP contribution in [0.15, 0.2) is 11.4 Å². The molecule has 12 heavy (non-hydrogen) atoms. The first kappa shape index (κ1) is 9.75. The summed E-state index contributed by atoms with van der Waals surface area (Å²) in [7, 11) is 0. The molecule has 1 aromatic rings. The van der Waals surface area contributed by atoms with Gasteiger partial charge in [0.2, 0.25) is 0 Å². The van der Waals surface area contributed by atoms with Crippen LogP contribution in [0.5, 0.6) is 0 Å². The third kappa shape index (κ3) is 2.08. The molecule has 0 aliphatic rings. The van der Waals surface area contributed by atoms with E-state index in [1.54, 1.807) is 11.3 Å². The molecule has 1 heterocycles. The third-order valence-electron chi connectivity index (χ3n) is 2.27. The van der Waals surface area contributed by atoms with Gasteiger partial charge in [-0.2, -0.15) is 0 Å². The van der Waals surface area contributed by atoms with Gasteiger partial charge >= 0.3 is 0 Å². The van der Waals surface area contributed by atoms with Crippen molar-refractivity contribution in [3.63, 3.8) is 0 Å². The fraction of sp³-hybridized carbons (Fsp3) is 0.600. The molecule has 0 aliphatic carbocycles. The normalized spacial score (nSPS) is 16.0. The Balaban J connectivity index is 2.74. The lowest BCUT2D eigenvalue weighted by molar-refractivity contribution is 0.169. The largest absolute Gasteiger partial charge is 0.393 e. The predicted molar refractivity (Wildman–Crippen MR) is 53.8 cm³/mol. The van der Waals surface area contributed by atoms with Crippen molar-refractivity contribution in [3.8, 4) is 0 Å². The zero-order valence-corrected chi connectivity index (χ0v) is 8.69. The van der Waals surface area contributed by atoms with Gasteiger partial charge in [0.15, 0.2) is 0 Å². The van der Waals surface area contributed by atoms with Gasteiger partial charge in [-0.15, -0.1) is 11.3 Å². The Hall–Kier alpha value is -0.340. The first-order valence-electron chi connectivity index (χ1n) is 4.40. The molecule has 0 fully saturated rings. The van der Waals surface area contributed by atoms with Crippen LogP contribution in [0, 0.1) is 0 Å². The lowest BCUT2D eigenvalue weighted by Crippen LogP contribution is -2.09. The van der Waals surface area contributed by atoms with Crippen LogP contribution in [0.1, 0.15) is 37.1 Å². The quantitative estimate of drug-likeness (QED) is 0.766. The van der Waals surface area contributed by atoms with Gasteiger partial charge in [0.05, 0.1) is 6.10 Å². The van der Waals surface area contributed by atoms with Crippen molar-refractivity contribution in [2.24, 2.45) is 0 Å². The summed E-state index contributed by atoms with van der Waals surface area (Å²) >= 11 is 1.78. The fourth-order valence-electron chi connectivity index (χ4n) is 1.10. The number of thiophene rings is 1. The molecular weight excluding hydrogens is 168 g/mol. The SMILES string of the molecule is CCc1cc(C(C)C(C)O)cs1. The zero-order valence-electron chi connectivity index (χ0n) is 7.87. The van der Waals surface area contributed by atoms with Crippen LogP contribution in [0.4, 0.5) is 0 Å². The van der Waals surface area contributed by atoms with Crippen molar-refractivity contribution < 1.29 is 5.11 Å². The van der Waals surface area contributed by atoms with Crippen molar-refractivity contribution in [2.45, 2.75) is 39.2 Å². The minimum Gasteiger partial charge on any atom is -0.393 e. The number of aliphatic hydroxyl groups excluding tert-OH is 1. The Labute approximate surface area is 78.1 Å². The van der Waals surface area contributed by atoms with E-state index in [1.807, 2.05) is 6.92 Å². The van der Waals surface area contributed by atoms with Crippen LogP contribution in [-0.4, -0.2) is 11.2 Å². The molecule has 0 radical (unpaired) electrons. The summed E-state index contributed by atoms with van der Waals surface area (Å²) in [5.74, 6) is 0.265. The maximum absolute atomic E-state index is 9.36. The lowest BCUT2D eigenvalue weighted by Gasteiger charge is -2.12. The lowest BCUT2D eigenvalue weighted by atomic mass is 9.99. The van der Waals surface area contributed by atoms with E-state index in [4.69, 9.17) is 0 Å². The highest BCUT2D eigenvalue weighted by atomic mass is 32.1. The number of rotatable bonds is 3. The number of aliphatic hydroxyl groups is 1. The van der Waals surface area contributed by atoms with Gasteiger partial charge in [-0.3, -0.25) is 0 Å². The number of hydrogen-bond donors (Lipinski definition) is 1. The van der Waals surface area contributed by atoms with E-state index in [1.165, 1.54) is 10.4 Å². The van der Waals surface area contributed by atoms with Gasteiger partial charge in [0, 0.05) is 10.8 Å². The predicted octanol–water partition coefficient (Wildman–Crippen LogP) is 2.79. The minimum atomic E-state index is -0.246. The Morgan fingerprint density at radius 1 is 1.50 bits per heavy atom. The molecule has 2 unspecified atom stereocenters. The summed E-state index contributed by atoms with van der Waals surface area (Å²) in [5.41, 5.74) is 1.27. The van der Waals surface area contributed by atoms with E-state index >= 15 is 0 Å². The van der Waals surface area contributed by atoms with Crippen molar-refractivity contribution in [1.82, 2.24) is 0 Å². The van der Waals surface area contributed by atoms with Crippen LogP contribution >= 0.6 is 11.3 Å². The van der Waals surface area contributed by atoms with Gasteiger partial charge in [-0.25, -0.2) is 0 Å². The summed E-state index contributed by atoms with van der Waals surface area (Å²) < 4.78 is 0. The molecule has 0 bridgehead atoms. The summed E-state index contributed by atoms with van der Waals surface area (Å²) in [5, 5.41) is 11.5. The van der Waals surface area contributed by atoms with Crippen LogP contribution in [-0.2, 0) is 6.42 Å². The van der Waals surface area contributed by atoms with E-state index < -0.39 is 0 Å². The molecule has 68 valence electrons. The summed E-state index contributed by atoms with van der Waals surface area (Å²) in [4.78, 5) is 1.40. The smallest absolute Gasteiger partial charge is 0.0578 e. The van der Waals surface area contributed by atoms with Crippen LogP contribution < -0.4 is 0 Å². The maximum Gasteiger partial charge on any atom is 0.0578 e. The molecule has 0 amide bonds. The van der Waals surface area contributed by atoms with Gasteiger partial charge in [0.1, 0.15) is 0 Å². The molecule has 0 aliphatic heterocycles. The van der Waals surface area contributed by atoms with E-state index in [-0.39, 0.29) is 12.0 Å². The monoisotopic (exact) mass is 184 g/mol. The van der Waals surface area contributed by atoms with E-state index in [0.29, 0.717) is 0 Å². The number of hydrogen-bond acceptors (Lipinski definition) is 2. The highest BCUT2D eigenvalue weighted by Gasteiger charge is 2.12. The molecule has 1 aromatic heterocycles. The molecular formula is C10H16OS. The fourth-order valence-corrected chi connectivity index (χ4v) is 2.04. The van der Waals surface area contributed by atoms with Crippen LogP contribution in [0.2, 0.25) is 0 Å². The Morgan fingerprint density at radius 2 is 2.17 bits per heavy atom. The summed E-state index contributed by atoms with van der Waals surface area (Å²) in [6, 6.07) is 2.20. The first-order valence-corrected chi connectivity index (χ1v) is 5.28. The molecule has 0 aromatic carbocycles. The highest BCUT2D eigenvalue weighted by Crippen LogP contribution is 2.24. The highest BCUT2D eigenvalue weighted by molar-refractivity contribution is 7.10. The minimum absolute atomic E-state index is 0.246. The Kier molecular flexibility index (Phi) is 3.29. The molecule has 2 atom stereocenters. The molecule has 1 N–H and O–H groups in total. The topological polar surface area (TPSA) is 20.2 Å². The van der Waals surface area contributed by atoms with Crippen molar-refractivity contribution in [3.05, 3.63) is 21.9 Å². The average Bonchev–Trinajstić information content (AvgIpc) is 2.50. The molecule has 0 spiro atoms. The molecule has 1 nitrogen and oxygen atoms in total. The number of aryl methyl sites for hydroxylation is 1. The van der Waals surface area contributed by atoms with E-state index in [0.717, 1.165) is 6.42 Å². The van der Waals surface area contributed by atoms with E-state index in [9.17, 15) is 5.11 Å². The zero-order chi connectivity index (χ0) is 9.14. The van der Waals surface area contributed by atoms with Gasteiger partial charge in [0.25, 0.3) is 0 Å². The second-order valence-corrected chi connectivity index (χ2v) is 4.22. The molecule has 0 saturated carbocycles.